The number of fused-ring (bicyclic) bond motifs is 1. The number of hydrogen-bond acceptors (Lipinski definition) is 5. The molecule has 0 bridgehead atoms. The second kappa shape index (κ2) is 9.48. The van der Waals surface area contributed by atoms with Gasteiger partial charge in [-0.1, -0.05) is 29.8 Å². The summed E-state index contributed by atoms with van der Waals surface area (Å²) < 4.78 is 16.0. The zero-order valence-electron chi connectivity index (χ0n) is 17.7. The summed E-state index contributed by atoms with van der Waals surface area (Å²) >= 11 is 0. The van der Waals surface area contributed by atoms with Crippen molar-refractivity contribution < 1.29 is 23.5 Å². The van der Waals surface area contributed by atoms with E-state index in [1.54, 1.807) is 33.3 Å². The number of methoxy groups -OCH3 is 1. The molecule has 3 rings (SSSR count). The van der Waals surface area contributed by atoms with Crippen LogP contribution in [0.2, 0.25) is 0 Å². The fraction of sp³-hybridized carbons (Fsp3) is 0.333. The first-order valence-electron chi connectivity index (χ1n) is 9.95. The Morgan fingerprint density at radius 3 is 2.50 bits per heavy atom. The van der Waals surface area contributed by atoms with Crippen LogP contribution in [-0.2, 0) is 20.7 Å². The zero-order valence-corrected chi connectivity index (χ0v) is 17.7. The van der Waals surface area contributed by atoms with E-state index in [4.69, 9.17) is 13.9 Å². The normalized spacial score (nSPS) is 12.0. The predicted molar refractivity (Wildman–Crippen MR) is 114 cm³/mol. The van der Waals surface area contributed by atoms with Gasteiger partial charge in [-0.3, -0.25) is 9.59 Å². The third-order valence-electron chi connectivity index (χ3n) is 4.77. The fourth-order valence-corrected chi connectivity index (χ4v) is 3.27. The van der Waals surface area contributed by atoms with Gasteiger partial charge in [0.2, 0.25) is 5.91 Å². The molecule has 1 amide bonds. The first-order chi connectivity index (χ1) is 14.4. The quantitative estimate of drug-likeness (QED) is 0.555. The molecule has 0 aliphatic carbocycles. The lowest BCUT2D eigenvalue weighted by molar-refractivity contribution is -0.148. The van der Waals surface area contributed by atoms with Gasteiger partial charge in [0.05, 0.1) is 38.4 Å². The molecule has 1 unspecified atom stereocenters. The number of benzene rings is 2. The summed E-state index contributed by atoms with van der Waals surface area (Å²) in [6.45, 7) is 5.59. The SMILES string of the molecule is COc1ccc2c(CC(=O)NC(CC(=O)OC(C)C)c3ccc(C)cc3)coc2c1. The number of rotatable bonds is 8. The van der Waals surface area contributed by atoms with E-state index in [0.29, 0.717) is 11.3 Å². The van der Waals surface area contributed by atoms with Gasteiger partial charge in [-0.15, -0.1) is 0 Å². The number of amides is 1. The Morgan fingerprint density at radius 2 is 1.83 bits per heavy atom. The Hall–Kier alpha value is -3.28. The van der Waals surface area contributed by atoms with Crippen molar-refractivity contribution in [1.29, 1.82) is 0 Å². The molecule has 1 heterocycles. The van der Waals surface area contributed by atoms with Crippen molar-refractivity contribution in [3.8, 4) is 5.75 Å². The number of furan rings is 1. The Balaban J connectivity index is 1.75. The van der Waals surface area contributed by atoms with Crippen molar-refractivity contribution in [2.45, 2.75) is 45.8 Å². The molecule has 1 N–H and O–H groups in total. The van der Waals surface area contributed by atoms with E-state index in [2.05, 4.69) is 5.32 Å². The number of carbonyl (C=O) groups excluding carboxylic acids is 2. The van der Waals surface area contributed by atoms with Crippen molar-refractivity contribution >= 4 is 22.8 Å². The van der Waals surface area contributed by atoms with Gasteiger partial charge in [0.15, 0.2) is 0 Å². The van der Waals surface area contributed by atoms with Gasteiger partial charge in [-0.2, -0.15) is 0 Å². The molecule has 158 valence electrons. The van der Waals surface area contributed by atoms with E-state index in [0.717, 1.165) is 22.1 Å². The van der Waals surface area contributed by atoms with Gasteiger partial charge in [0.25, 0.3) is 0 Å². The zero-order chi connectivity index (χ0) is 21.7. The molecule has 0 saturated heterocycles. The van der Waals surface area contributed by atoms with Crippen molar-refractivity contribution in [3.05, 3.63) is 65.4 Å². The third kappa shape index (κ3) is 5.41. The van der Waals surface area contributed by atoms with Crippen molar-refractivity contribution in [2.75, 3.05) is 7.11 Å². The van der Waals surface area contributed by atoms with Crippen LogP contribution in [0.15, 0.2) is 53.1 Å². The van der Waals surface area contributed by atoms with Crippen LogP contribution < -0.4 is 10.1 Å². The molecule has 2 aromatic carbocycles. The van der Waals surface area contributed by atoms with E-state index in [-0.39, 0.29) is 30.8 Å². The van der Waals surface area contributed by atoms with Crippen LogP contribution in [0.25, 0.3) is 11.0 Å². The van der Waals surface area contributed by atoms with E-state index in [9.17, 15) is 9.59 Å². The minimum Gasteiger partial charge on any atom is -0.497 e. The van der Waals surface area contributed by atoms with E-state index in [1.807, 2.05) is 43.3 Å². The lowest BCUT2D eigenvalue weighted by atomic mass is 10.0. The molecule has 6 heteroatoms. The van der Waals surface area contributed by atoms with Crippen LogP contribution in [0.4, 0.5) is 0 Å². The average molecular weight is 409 g/mol. The molecule has 0 spiro atoms. The summed E-state index contributed by atoms with van der Waals surface area (Å²) in [5.74, 6) is 0.143. The molecular formula is C24H27NO5. The maximum absolute atomic E-state index is 12.8. The molecule has 0 radical (unpaired) electrons. The topological polar surface area (TPSA) is 77.8 Å². The maximum Gasteiger partial charge on any atom is 0.308 e. The largest absolute Gasteiger partial charge is 0.497 e. The van der Waals surface area contributed by atoms with Gasteiger partial charge < -0.3 is 19.2 Å². The molecular weight excluding hydrogens is 382 g/mol. The van der Waals surface area contributed by atoms with Crippen LogP contribution >= 0.6 is 0 Å². The summed E-state index contributed by atoms with van der Waals surface area (Å²) in [6.07, 6.45) is 1.58. The predicted octanol–water partition coefficient (Wildman–Crippen LogP) is 4.49. The fourth-order valence-electron chi connectivity index (χ4n) is 3.27. The number of ether oxygens (including phenoxy) is 2. The van der Waals surface area contributed by atoms with Crippen molar-refractivity contribution in [2.24, 2.45) is 0 Å². The van der Waals surface area contributed by atoms with Crippen LogP contribution in [-0.4, -0.2) is 25.1 Å². The smallest absolute Gasteiger partial charge is 0.308 e. The summed E-state index contributed by atoms with van der Waals surface area (Å²) in [5, 5.41) is 3.83. The summed E-state index contributed by atoms with van der Waals surface area (Å²) in [6, 6.07) is 12.8. The van der Waals surface area contributed by atoms with Crippen LogP contribution in [0.5, 0.6) is 5.75 Å². The standard InChI is InChI=1S/C24H27NO5/c1-15(2)30-24(27)13-21(17-7-5-16(3)6-8-17)25-23(26)11-18-14-29-22-12-19(28-4)9-10-20(18)22/h5-10,12,14-15,21H,11,13H2,1-4H3,(H,25,26). The van der Waals surface area contributed by atoms with Gasteiger partial charge in [0.1, 0.15) is 11.3 Å². The number of aryl methyl sites for hydroxylation is 1. The second-order valence-electron chi connectivity index (χ2n) is 7.57. The van der Waals surface area contributed by atoms with E-state index < -0.39 is 6.04 Å². The number of carbonyl (C=O) groups is 2. The minimum atomic E-state index is -0.470. The van der Waals surface area contributed by atoms with Gasteiger partial charge in [-0.25, -0.2) is 0 Å². The average Bonchev–Trinajstić information content (AvgIpc) is 3.09. The maximum atomic E-state index is 12.8. The Kier molecular flexibility index (Phi) is 6.77. The highest BCUT2D eigenvalue weighted by Gasteiger charge is 2.21. The highest BCUT2D eigenvalue weighted by atomic mass is 16.5. The molecule has 1 aromatic heterocycles. The highest BCUT2D eigenvalue weighted by Crippen LogP contribution is 2.26. The molecule has 6 nitrogen and oxygen atoms in total. The molecule has 30 heavy (non-hydrogen) atoms. The number of esters is 1. The Morgan fingerprint density at radius 1 is 1.10 bits per heavy atom. The van der Waals surface area contributed by atoms with Crippen LogP contribution in [0, 0.1) is 6.92 Å². The Bertz CT molecular complexity index is 1020. The molecule has 3 aromatic rings. The molecule has 0 saturated carbocycles. The minimum absolute atomic E-state index is 0.0658. The monoisotopic (exact) mass is 409 g/mol. The first kappa shape index (κ1) is 21.4. The van der Waals surface area contributed by atoms with Gasteiger partial charge in [0, 0.05) is 17.0 Å². The lowest BCUT2D eigenvalue weighted by Crippen LogP contribution is -2.32. The van der Waals surface area contributed by atoms with Crippen molar-refractivity contribution in [1.82, 2.24) is 5.32 Å². The van der Waals surface area contributed by atoms with E-state index >= 15 is 0 Å². The first-order valence-corrected chi connectivity index (χ1v) is 9.95. The molecule has 0 fully saturated rings. The summed E-state index contributed by atoms with van der Waals surface area (Å²) in [5.41, 5.74) is 3.40. The van der Waals surface area contributed by atoms with Gasteiger partial charge >= 0.3 is 5.97 Å². The van der Waals surface area contributed by atoms with E-state index in [1.165, 1.54) is 0 Å². The lowest BCUT2D eigenvalue weighted by Gasteiger charge is -2.19. The second-order valence-corrected chi connectivity index (χ2v) is 7.57. The van der Waals surface area contributed by atoms with Gasteiger partial charge in [-0.05, 0) is 38.5 Å². The third-order valence-corrected chi connectivity index (χ3v) is 4.77. The van der Waals surface area contributed by atoms with Crippen LogP contribution in [0.3, 0.4) is 0 Å². The Labute approximate surface area is 176 Å². The molecule has 0 aliphatic rings. The van der Waals surface area contributed by atoms with Crippen molar-refractivity contribution in [3.63, 3.8) is 0 Å². The number of hydrogen-bond donors (Lipinski definition) is 1. The highest BCUT2D eigenvalue weighted by molar-refractivity contribution is 5.88. The molecule has 0 aliphatic heterocycles. The summed E-state index contributed by atoms with van der Waals surface area (Å²) in [4.78, 5) is 25.0. The molecule has 1 atom stereocenters. The summed E-state index contributed by atoms with van der Waals surface area (Å²) in [7, 11) is 1.59. The number of nitrogens with one attached hydrogen (secondary N) is 1. The van der Waals surface area contributed by atoms with Crippen LogP contribution in [0.1, 0.15) is 43.0 Å².